The van der Waals surface area contributed by atoms with Crippen molar-refractivity contribution in [2.45, 2.75) is 49.8 Å². The molecule has 2 aliphatic heterocycles. The normalized spacial score (nSPS) is 24.8. The maximum atomic E-state index is 12.2. The number of piperidine rings is 1. The van der Waals surface area contributed by atoms with Gasteiger partial charge in [-0.15, -0.1) is 0 Å². The van der Waals surface area contributed by atoms with E-state index < -0.39 is 5.60 Å². The molecule has 164 valence electrons. The second-order valence-electron chi connectivity index (χ2n) is 9.38. The maximum absolute atomic E-state index is 12.2. The highest BCUT2D eigenvalue weighted by molar-refractivity contribution is 5.42. The van der Waals surface area contributed by atoms with Gasteiger partial charge in [-0.3, -0.25) is 0 Å². The van der Waals surface area contributed by atoms with Crippen molar-refractivity contribution in [2.75, 3.05) is 28.3 Å². The number of benzene rings is 2. The molecule has 0 aromatic heterocycles. The van der Waals surface area contributed by atoms with Gasteiger partial charge in [0.2, 0.25) is 0 Å². The first-order valence-electron chi connectivity index (χ1n) is 10.7. The lowest BCUT2D eigenvalue weighted by molar-refractivity contribution is -0.931. The van der Waals surface area contributed by atoms with Crippen LogP contribution in [-0.2, 0) is 5.60 Å². The molecule has 3 atom stereocenters. The van der Waals surface area contributed by atoms with Gasteiger partial charge in [-0.1, -0.05) is 24.3 Å². The highest BCUT2D eigenvalue weighted by atomic mass is 127. The van der Waals surface area contributed by atoms with Crippen molar-refractivity contribution >= 4 is 0 Å². The van der Waals surface area contributed by atoms with E-state index in [1.165, 1.54) is 25.7 Å². The van der Waals surface area contributed by atoms with E-state index in [1.54, 1.807) is 14.2 Å². The molecule has 4 nitrogen and oxygen atoms in total. The minimum atomic E-state index is -1.07. The number of aliphatic hydroxyl groups is 1. The Labute approximate surface area is 197 Å². The summed E-state index contributed by atoms with van der Waals surface area (Å²) in [6, 6.07) is 17.2. The molecule has 2 aromatic carbocycles. The lowest BCUT2D eigenvalue weighted by atomic mass is 9.75. The lowest BCUT2D eigenvalue weighted by Gasteiger charge is -2.46. The third-order valence-corrected chi connectivity index (χ3v) is 7.60. The Kier molecular flexibility index (Phi) is 7.04. The molecule has 2 aromatic rings. The van der Waals surface area contributed by atoms with Crippen LogP contribution in [0.2, 0.25) is 0 Å². The first kappa shape index (κ1) is 23.4. The molecule has 2 aliphatic rings. The van der Waals surface area contributed by atoms with Crippen LogP contribution in [0, 0.1) is 5.92 Å². The summed E-state index contributed by atoms with van der Waals surface area (Å²) in [6.45, 7) is 0. The number of quaternary nitrogens is 1. The summed E-state index contributed by atoms with van der Waals surface area (Å²) in [5, 5.41) is 12.2. The summed E-state index contributed by atoms with van der Waals surface area (Å²) in [4.78, 5) is 0. The van der Waals surface area contributed by atoms with Crippen LogP contribution >= 0.6 is 0 Å². The monoisotopic (exact) mass is 523 g/mol. The van der Waals surface area contributed by atoms with E-state index in [0.29, 0.717) is 18.0 Å². The van der Waals surface area contributed by atoms with Gasteiger partial charge >= 0.3 is 0 Å². The zero-order valence-corrected chi connectivity index (χ0v) is 20.6. The number of hydrogen-bond donors (Lipinski definition) is 1. The third-order valence-electron chi connectivity index (χ3n) is 7.60. The van der Waals surface area contributed by atoms with E-state index >= 15 is 0 Å². The van der Waals surface area contributed by atoms with Gasteiger partial charge in [-0.25, -0.2) is 0 Å². The molecule has 2 fully saturated rings. The van der Waals surface area contributed by atoms with Gasteiger partial charge in [0, 0.05) is 25.7 Å². The Hall–Kier alpha value is -1.31. The minimum absolute atomic E-state index is 0. The average molecular weight is 523 g/mol. The molecule has 5 heteroatoms. The Morgan fingerprint density at radius 3 is 1.80 bits per heavy atom. The van der Waals surface area contributed by atoms with Crippen molar-refractivity contribution in [3.8, 4) is 11.5 Å². The predicted molar refractivity (Wildman–Crippen MR) is 115 cm³/mol. The first-order chi connectivity index (χ1) is 13.9. The summed E-state index contributed by atoms with van der Waals surface area (Å²) in [6.07, 6.45) is 5.70. The standard InChI is InChI=1S/C25H34NO3.HI/c1-26(2)21-11-12-22(26)14-18(13-21)17-25(27,19-7-5-9-23(15-19)28-3)20-8-6-10-24(16-20)29-4;/h5-10,15-16,18,21-22,27H,11-14,17H2,1-4H3;1H/q+1;/p-1/t18?,21-,22+;. The lowest BCUT2D eigenvalue weighted by Crippen LogP contribution is -3.00. The molecule has 1 unspecified atom stereocenters. The number of fused-ring (bicyclic) bond motifs is 2. The zero-order valence-electron chi connectivity index (χ0n) is 18.5. The maximum Gasteiger partial charge on any atom is 0.119 e. The summed E-state index contributed by atoms with van der Waals surface area (Å²) >= 11 is 0. The van der Waals surface area contributed by atoms with Crippen LogP contribution in [0.25, 0.3) is 0 Å². The Balaban J connectivity index is 0.00000256. The minimum Gasteiger partial charge on any atom is -1.00 e. The zero-order chi connectivity index (χ0) is 20.6. The van der Waals surface area contributed by atoms with E-state index in [1.807, 2.05) is 48.5 Å². The molecule has 2 bridgehead atoms. The molecular formula is C25H34INO3. The quantitative estimate of drug-likeness (QED) is 0.459. The molecule has 30 heavy (non-hydrogen) atoms. The third kappa shape index (κ3) is 4.21. The summed E-state index contributed by atoms with van der Waals surface area (Å²) in [5.41, 5.74) is 0.704. The number of hydrogen-bond acceptors (Lipinski definition) is 3. The van der Waals surface area contributed by atoms with Crippen LogP contribution in [0.15, 0.2) is 48.5 Å². The van der Waals surface area contributed by atoms with Crippen LogP contribution in [0.4, 0.5) is 0 Å². The molecule has 0 amide bonds. The number of nitrogens with zero attached hydrogens (tertiary/aromatic N) is 1. The van der Waals surface area contributed by atoms with Crippen molar-refractivity contribution in [3.63, 3.8) is 0 Å². The number of rotatable bonds is 6. The largest absolute Gasteiger partial charge is 1.00 e. The Morgan fingerprint density at radius 1 is 0.900 bits per heavy atom. The molecule has 0 aliphatic carbocycles. The molecule has 2 heterocycles. The summed E-state index contributed by atoms with van der Waals surface area (Å²) in [5.74, 6) is 2.04. The van der Waals surface area contributed by atoms with Crippen molar-refractivity contribution in [1.82, 2.24) is 0 Å². The highest BCUT2D eigenvalue weighted by Gasteiger charge is 2.50. The molecule has 2 saturated heterocycles. The Bertz CT molecular complexity index is 805. The van der Waals surface area contributed by atoms with Crippen LogP contribution in [0.5, 0.6) is 11.5 Å². The fourth-order valence-electron chi connectivity index (χ4n) is 5.74. The van der Waals surface area contributed by atoms with Gasteiger partial charge in [0.25, 0.3) is 0 Å². The average Bonchev–Trinajstić information content (AvgIpc) is 2.89. The molecule has 1 N–H and O–H groups in total. The van der Waals surface area contributed by atoms with E-state index in [4.69, 9.17) is 9.47 Å². The predicted octanol–water partition coefficient (Wildman–Crippen LogP) is 1.35. The van der Waals surface area contributed by atoms with E-state index in [-0.39, 0.29) is 24.0 Å². The Morgan fingerprint density at radius 2 is 1.37 bits per heavy atom. The van der Waals surface area contributed by atoms with Gasteiger partial charge < -0.3 is 43.0 Å². The van der Waals surface area contributed by atoms with Gasteiger partial charge in [-0.05, 0) is 47.7 Å². The molecular weight excluding hydrogens is 489 g/mol. The van der Waals surface area contributed by atoms with Gasteiger partial charge in [-0.2, -0.15) is 0 Å². The van der Waals surface area contributed by atoms with Crippen LogP contribution in [0.3, 0.4) is 0 Å². The van der Waals surface area contributed by atoms with Gasteiger partial charge in [0.1, 0.15) is 17.1 Å². The molecule has 0 spiro atoms. The van der Waals surface area contributed by atoms with Crippen LogP contribution < -0.4 is 33.5 Å². The van der Waals surface area contributed by atoms with Gasteiger partial charge in [0.05, 0.1) is 40.4 Å². The fourth-order valence-corrected chi connectivity index (χ4v) is 5.74. The van der Waals surface area contributed by atoms with Crippen molar-refractivity contribution in [3.05, 3.63) is 59.7 Å². The van der Waals surface area contributed by atoms with E-state index in [2.05, 4.69) is 14.1 Å². The number of halogens is 1. The highest BCUT2D eigenvalue weighted by Crippen LogP contribution is 2.47. The van der Waals surface area contributed by atoms with Crippen molar-refractivity contribution in [2.24, 2.45) is 5.92 Å². The molecule has 0 saturated carbocycles. The second-order valence-corrected chi connectivity index (χ2v) is 9.38. The van der Waals surface area contributed by atoms with Crippen LogP contribution in [-0.4, -0.2) is 50.0 Å². The van der Waals surface area contributed by atoms with Gasteiger partial charge in [0.15, 0.2) is 0 Å². The van der Waals surface area contributed by atoms with Crippen molar-refractivity contribution in [1.29, 1.82) is 0 Å². The second kappa shape index (κ2) is 9.05. The fraction of sp³-hybridized carbons (Fsp3) is 0.520. The SMILES string of the molecule is COc1cccc(C(O)(CC2C[C@H]3CC[C@@H](C2)[N+]3(C)C)c2cccc(OC)c2)c1.[I-]. The molecule has 0 radical (unpaired) electrons. The number of ether oxygens (including phenoxy) is 2. The molecule has 4 rings (SSSR count). The van der Waals surface area contributed by atoms with E-state index in [0.717, 1.165) is 33.5 Å². The van der Waals surface area contributed by atoms with Crippen LogP contribution in [0.1, 0.15) is 43.2 Å². The first-order valence-corrected chi connectivity index (χ1v) is 10.7. The van der Waals surface area contributed by atoms with E-state index in [9.17, 15) is 5.11 Å². The summed E-state index contributed by atoms with van der Waals surface area (Å²) in [7, 11) is 8.11. The topological polar surface area (TPSA) is 38.7 Å². The summed E-state index contributed by atoms with van der Waals surface area (Å²) < 4.78 is 12.1. The smallest absolute Gasteiger partial charge is 0.119 e. The van der Waals surface area contributed by atoms with Crippen molar-refractivity contribution < 1.29 is 43.0 Å². The number of methoxy groups -OCH3 is 2.